The summed E-state index contributed by atoms with van der Waals surface area (Å²) in [4.78, 5) is 13.3. The molecule has 2 rings (SSSR count). The highest BCUT2D eigenvalue weighted by Crippen LogP contribution is 2.35. The van der Waals surface area contributed by atoms with E-state index >= 15 is 0 Å². The zero-order valence-corrected chi connectivity index (χ0v) is 12.9. The molecule has 1 heterocycles. The lowest BCUT2D eigenvalue weighted by atomic mass is 10.1. The van der Waals surface area contributed by atoms with Crippen LogP contribution >= 0.6 is 11.6 Å². The van der Waals surface area contributed by atoms with E-state index in [-0.39, 0.29) is 0 Å². The second-order valence-corrected chi connectivity index (χ2v) is 5.23. The van der Waals surface area contributed by atoms with E-state index in [0.717, 1.165) is 5.56 Å². The molecule has 1 amide bonds. The topological polar surface area (TPSA) is 74.0 Å². The molecule has 21 heavy (non-hydrogen) atoms. The molecule has 0 aromatic heterocycles. The third kappa shape index (κ3) is 3.78. The van der Waals surface area contributed by atoms with Crippen molar-refractivity contribution in [1.82, 2.24) is 4.90 Å². The minimum absolute atomic E-state index is 0.449. The summed E-state index contributed by atoms with van der Waals surface area (Å²) in [6, 6.07) is 3.53. The highest BCUT2D eigenvalue weighted by atomic mass is 35.5. The predicted molar refractivity (Wildman–Crippen MR) is 78.8 cm³/mol. The fourth-order valence-electron chi connectivity index (χ4n) is 2.38. The Hall–Kier alpha value is -1.50. The molecule has 6 nitrogen and oxygen atoms in total. The number of primary amides is 1. The average Bonchev–Trinajstić information content (AvgIpc) is 2.46. The predicted octanol–water partition coefficient (Wildman–Crippen LogP) is 1.04. The number of nitrogens with zero attached hydrogens (tertiary/aromatic N) is 1. The van der Waals surface area contributed by atoms with Gasteiger partial charge in [-0.1, -0.05) is 11.6 Å². The van der Waals surface area contributed by atoms with E-state index in [1.807, 2.05) is 6.07 Å². The molecule has 0 saturated carbocycles. The van der Waals surface area contributed by atoms with Crippen molar-refractivity contribution in [2.45, 2.75) is 12.6 Å². The molecule has 1 aliphatic heterocycles. The van der Waals surface area contributed by atoms with Crippen LogP contribution in [-0.2, 0) is 16.1 Å². The first kappa shape index (κ1) is 15.9. The molecule has 0 unspecified atom stereocenters. The molecule has 0 spiro atoms. The standard InChI is InChI=1S/C14H19ClN2O4/c1-19-11-6-10(15)5-9(13(11)20-2)7-17-3-4-21-12(8-17)14(16)18/h5-6,12H,3-4,7-8H2,1-2H3,(H2,16,18)/t12-/m1/s1. The molecule has 1 aliphatic rings. The maximum absolute atomic E-state index is 11.2. The van der Waals surface area contributed by atoms with Crippen LogP contribution < -0.4 is 15.2 Å². The molecule has 0 radical (unpaired) electrons. The van der Waals surface area contributed by atoms with E-state index < -0.39 is 12.0 Å². The lowest BCUT2D eigenvalue weighted by Crippen LogP contribution is -2.47. The van der Waals surface area contributed by atoms with Gasteiger partial charge in [-0.25, -0.2) is 0 Å². The zero-order chi connectivity index (χ0) is 15.4. The fourth-order valence-corrected chi connectivity index (χ4v) is 2.61. The molecular formula is C14H19ClN2O4. The molecule has 1 aromatic rings. The van der Waals surface area contributed by atoms with Crippen molar-refractivity contribution < 1.29 is 19.0 Å². The number of rotatable bonds is 5. The Morgan fingerprint density at radius 3 is 2.86 bits per heavy atom. The number of ether oxygens (including phenoxy) is 3. The molecule has 2 N–H and O–H groups in total. The third-order valence-corrected chi connectivity index (χ3v) is 3.60. The molecule has 0 aliphatic carbocycles. The van der Waals surface area contributed by atoms with Crippen molar-refractivity contribution in [3.05, 3.63) is 22.7 Å². The number of morpholine rings is 1. The van der Waals surface area contributed by atoms with Gasteiger partial charge in [-0.05, 0) is 6.07 Å². The Morgan fingerprint density at radius 2 is 2.24 bits per heavy atom. The summed E-state index contributed by atoms with van der Waals surface area (Å²) >= 11 is 6.10. The van der Waals surface area contributed by atoms with Gasteiger partial charge < -0.3 is 19.9 Å². The fraction of sp³-hybridized carbons (Fsp3) is 0.500. The van der Waals surface area contributed by atoms with E-state index in [0.29, 0.717) is 42.8 Å². The summed E-state index contributed by atoms with van der Waals surface area (Å²) in [5.41, 5.74) is 6.19. The van der Waals surface area contributed by atoms with Gasteiger partial charge >= 0.3 is 0 Å². The first-order valence-electron chi connectivity index (χ1n) is 6.58. The normalized spacial score (nSPS) is 19.3. The van der Waals surface area contributed by atoms with Gasteiger partial charge in [-0.15, -0.1) is 0 Å². The van der Waals surface area contributed by atoms with E-state index in [1.54, 1.807) is 20.3 Å². The van der Waals surface area contributed by atoms with Gasteiger partial charge in [0.15, 0.2) is 11.5 Å². The Bertz CT molecular complexity index is 524. The van der Waals surface area contributed by atoms with Gasteiger partial charge in [0.2, 0.25) is 5.91 Å². The lowest BCUT2D eigenvalue weighted by Gasteiger charge is -2.31. The first-order chi connectivity index (χ1) is 10.0. The van der Waals surface area contributed by atoms with Crippen molar-refractivity contribution in [3.63, 3.8) is 0 Å². The average molecular weight is 315 g/mol. The van der Waals surface area contributed by atoms with Crippen LogP contribution in [0, 0.1) is 0 Å². The van der Waals surface area contributed by atoms with E-state index in [9.17, 15) is 4.79 Å². The number of hydrogen-bond acceptors (Lipinski definition) is 5. The number of carbonyl (C=O) groups is 1. The monoisotopic (exact) mass is 314 g/mol. The second-order valence-electron chi connectivity index (χ2n) is 4.80. The van der Waals surface area contributed by atoms with Crippen LogP contribution in [0.2, 0.25) is 5.02 Å². The summed E-state index contributed by atoms with van der Waals surface area (Å²) < 4.78 is 16.0. The Kier molecular flexibility index (Phi) is 5.27. The minimum atomic E-state index is -0.578. The van der Waals surface area contributed by atoms with Crippen LogP contribution in [0.3, 0.4) is 0 Å². The van der Waals surface area contributed by atoms with Crippen LogP contribution in [0.25, 0.3) is 0 Å². The Morgan fingerprint density at radius 1 is 1.48 bits per heavy atom. The maximum atomic E-state index is 11.2. The van der Waals surface area contributed by atoms with Gasteiger partial charge in [0, 0.05) is 36.3 Å². The van der Waals surface area contributed by atoms with E-state index in [4.69, 9.17) is 31.5 Å². The van der Waals surface area contributed by atoms with E-state index in [1.165, 1.54) is 0 Å². The van der Waals surface area contributed by atoms with Crippen LogP contribution in [0.15, 0.2) is 12.1 Å². The van der Waals surface area contributed by atoms with Crippen molar-refractivity contribution in [3.8, 4) is 11.5 Å². The highest BCUT2D eigenvalue weighted by molar-refractivity contribution is 6.30. The van der Waals surface area contributed by atoms with Crippen LogP contribution in [0.5, 0.6) is 11.5 Å². The van der Waals surface area contributed by atoms with Crippen molar-refractivity contribution >= 4 is 17.5 Å². The van der Waals surface area contributed by atoms with Crippen LogP contribution in [0.1, 0.15) is 5.56 Å². The summed E-state index contributed by atoms with van der Waals surface area (Å²) in [5.74, 6) is 0.777. The maximum Gasteiger partial charge on any atom is 0.247 e. The van der Waals surface area contributed by atoms with Gasteiger partial charge in [-0.3, -0.25) is 9.69 Å². The van der Waals surface area contributed by atoms with Crippen LogP contribution in [0.4, 0.5) is 0 Å². The zero-order valence-electron chi connectivity index (χ0n) is 12.1. The van der Waals surface area contributed by atoms with Crippen molar-refractivity contribution in [1.29, 1.82) is 0 Å². The summed E-state index contributed by atoms with van der Waals surface area (Å²) in [5, 5.41) is 0.572. The second kappa shape index (κ2) is 6.98. The largest absolute Gasteiger partial charge is 0.493 e. The van der Waals surface area contributed by atoms with Gasteiger partial charge in [-0.2, -0.15) is 0 Å². The Labute approximate surface area is 128 Å². The lowest BCUT2D eigenvalue weighted by molar-refractivity contribution is -0.135. The number of amides is 1. The number of halogens is 1. The Balaban J connectivity index is 2.18. The SMILES string of the molecule is COc1cc(Cl)cc(CN2CCO[C@@H](C(N)=O)C2)c1OC. The number of methoxy groups -OCH3 is 2. The number of carbonyl (C=O) groups excluding carboxylic acids is 1. The summed E-state index contributed by atoms with van der Waals surface area (Å²) in [7, 11) is 3.15. The van der Waals surface area contributed by atoms with Gasteiger partial charge in [0.25, 0.3) is 0 Å². The molecule has 1 fully saturated rings. The quantitative estimate of drug-likeness (QED) is 0.879. The highest BCUT2D eigenvalue weighted by Gasteiger charge is 2.25. The molecule has 1 aromatic carbocycles. The van der Waals surface area contributed by atoms with Crippen molar-refractivity contribution in [2.24, 2.45) is 5.73 Å². The first-order valence-corrected chi connectivity index (χ1v) is 6.96. The molecular weight excluding hydrogens is 296 g/mol. The molecule has 116 valence electrons. The minimum Gasteiger partial charge on any atom is -0.493 e. The van der Waals surface area contributed by atoms with Gasteiger partial charge in [0.1, 0.15) is 6.10 Å². The van der Waals surface area contributed by atoms with Crippen LogP contribution in [-0.4, -0.2) is 50.8 Å². The smallest absolute Gasteiger partial charge is 0.247 e. The third-order valence-electron chi connectivity index (χ3n) is 3.38. The van der Waals surface area contributed by atoms with Crippen molar-refractivity contribution in [2.75, 3.05) is 33.9 Å². The summed E-state index contributed by atoms with van der Waals surface area (Å²) in [6.07, 6.45) is -0.578. The number of hydrogen-bond donors (Lipinski definition) is 1. The summed E-state index contributed by atoms with van der Waals surface area (Å²) in [6.45, 7) is 2.20. The molecule has 1 atom stereocenters. The van der Waals surface area contributed by atoms with E-state index in [2.05, 4.69) is 4.90 Å². The molecule has 1 saturated heterocycles. The number of nitrogens with two attached hydrogens (primary N) is 1. The molecule has 0 bridgehead atoms. The number of benzene rings is 1. The van der Waals surface area contributed by atoms with Gasteiger partial charge in [0.05, 0.1) is 20.8 Å². The molecule has 7 heteroatoms.